The molecule has 0 spiro atoms. The number of benzene rings is 1. The van der Waals surface area contributed by atoms with Crippen LogP contribution in [0, 0.1) is 24.2 Å². The minimum absolute atomic E-state index is 0.155. The van der Waals surface area contributed by atoms with E-state index in [0.717, 1.165) is 18.5 Å². The van der Waals surface area contributed by atoms with E-state index < -0.39 is 6.61 Å². The third-order valence-electron chi connectivity index (χ3n) is 4.29. The van der Waals surface area contributed by atoms with Gasteiger partial charge >= 0.3 is 6.61 Å². The molecule has 1 aliphatic rings. The predicted molar refractivity (Wildman–Crippen MR) is 81.5 cm³/mol. The Morgan fingerprint density at radius 2 is 1.90 bits per heavy atom. The fraction of sp³-hybridized carbons (Fsp3) is 0.588. The normalized spacial score (nSPS) is 28.4. The molecule has 4 heteroatoms. The van der Waals surface area contributed by atoms with E-state index in [-0.39, 0.29) is 17.2 Å². The monoisotopic (exact) mass is 296 g/mol. The number of hydrogen-bond donors (Lipinski definition) is 1. The molecule has 3 atom stereocenters. The zero-order valence-corrected chi connectivity index (χ0v) is 12.9. The van der Waals surface area contributed by atoms with Gasteiger partial charge in [-0.15, -0.1) is 0 Å². The summed E-state index contributed by atoms with van der Waals surface area (Å²) in [5.74, 6) is 1.20. The van der Waals surface area contributed by atoms with E-state index >= 15 is 0 Å². The highest BCUT2D eigenvalue weighted by molar-refractivity contribution is 5.47. The lowest BCUT2D eigenvalue weighted by molar-refractivity contribution is -0.0498. The summed E-state index contributed by atoms with van der Waals surface area (Å²) in [7, 11) is 0. The first-order chi connectivity index (χ1) is 9.78. The molecular weight excluding hydrogens is 272 g/mol. The van der Waals surface area contributed by atoms with Crippen LogP contribution >= 0.6 is 0 Å². The van der Waals surface area contributed by atoms with Crippen molar-refractivity contribution in [2.75, 3.05) is 5.32 Å². The van der Waals surface area contributed by atoms with Gasteiger partial charge in [-0.25, -0.2) is 0 Å². The second-order valence-corrected chi connectivity index (χ2v) is 6.82. The summed E-state index contributed by atoms with van der Waals surface area (Å²) >= 11 is 0. The molecule has 1 aromatic carbocycles. The van der Waals surface area contributed by atoms with Crippen LogP contribution in [0.25, 0.3) is 0 Å². The molecule has 0 bridgehead atoms. The lowest BCUT2D eigenvalue weighted by Crippen LogP contribution is -2.46. The predicted octanol–water partition coefficient (Wildman–Crippen LogP) is 4.97. The fourth-order valence-electron chi connectivity index (χ4n) is 3.62. The van der Waals surface area contributed by atoms with Crippen molar-refractivity contribution in [2.24, 2.45) is 17.3 Å². The Bertz CT molecular complexity index is 458. The summed E-state index contributed by atoms with van der Waals surface area (Å²) < 4.78 is 28.6. The van der Waals surface area contributed by atoms with Crippen molar-refractivity contribution in [3.63, 3.8) is 0 Å². The third kappa shape index (κ3) is 4.08. The molecule has 1 saturated carbocycles. The zero-order valence-electron chi connectivity index (χ0n) is 12.9. The minimum atomic E-state index is -2.79. The first kappa shape index (κ1) is 16.1. The van der Waals surface area contributed by atoms with E-state index in [2.05, 4.69) is 37.7 Å². The molecule has 2 nitrogen and oxygen atoms in total. The Hall–Kier alpha value is -1.32. The van der Waals surface area contributed by atoms with Gasteiger partial charge in [-0.05, 0) is 61.3 Å². The molecule has 1 unspecified atom stereocenters. The van der Waals surface area contributed by atoms with E-state index in [0.29, 0.717) is 11.8 Å². The van der Waals surface area contributed by atoms with Crippen molar-refractivity contribution in [2.45, 2.75) is 46.3 Å². The Labute approximate surface area is 125 Å². The molecule has 1 aromatic rings. The average Bonchev–Trinajstić information content (AvgIpc) is 2.34. The molecule has 0 amide bonds. The summed E-state index contributed by atoms with van der Waals surface area (Å²) in [4.78, 5) is 0. The van der Waals surface area contributed by atoms with E-state index in [1.165, 1.54) is 0 Å². The van der Waals surface area contributed by atoms with Crippen LogP contribution in [0.2, 0.25) is 0 Å². The van der Waals surface area contributed by atoms with Crippen molar-refractivity contribution < 1.29 is 13.5 Å². The van der Waals surface area contributed by atoms with Gasteiger partial charge in [-0.3, -0.25) is 0 Å². The quantitative estimate of drug-likeness (QED) is 0.846. The number of alkyl halides is 2. The van der Waals surface area contributed by atoms with Crippen molar-refractivity contribution in [1.82, 2.24) is 0 Å². The third-order valence-corrected chi connectivity index (χ3v) is 4.29. The van der Waals surface area contributed by atoms with Gasteiger partial charge in [0.05, 0.1) is 0 Å². The van der Waals surface area contributed by atoms with Gasteiger partial charge in [-0.2, -0.15) is 8.78 Å². The van der Waals surface area contributed by atoms with Crippen LogP contribution < -0.4 is 10.1 Å². The number of halogens is 2. The summed E-state index contributed by atoms with van der Waals surface area (Å²) in [6.07, 6.45) is 2.26. The van der Waals surface area contributed by atoms with Crippen molar-refractivity contribution in [3.05, 3.63) is 31.2 Å². The SMILES string of the molecule is [CH2][C@@H]1C[C@@H](C)CC(C)(C)C1Nc1ccc(OC(F)F)cc1. The maximum atomic E-state index is 12.1. The highest BCUT2D eigenvalue weighted by atomic mass is 19.3. The van der Waals surface area contributed by atoms with Gasteiger partial charge in [0.25, 0.3) is 0 Å². The molecule has 1 N–H and O–H groups in total. The van der Waals surface area contributed by atoms with Crippen molar-refractivity contribution in [3.8, 4) is 5.75 Å². The standard InChI is InChI=1S/C17H24F2NO/c1-11-9-12(2)15(17(3,4)10-11)20-13-5-7-14(8-6-13)21-16(18)19/h5-8,11-12,15-16,20H,2,9-10H2,1,3-4H3/t11-,12-,15?/m1/s1. The van der Waals surface area contributed by atoms with E-state index in [1.54, 1.807) is 24.3 Å². The Morgan fingerprint density at radius 3 is 2.43 bits per heavy atom. The van der Waals surface area contributed by atoms with Gasteiger partial charge in [0.15, 0.2) is 0 Å². The molecule has 2 rings (SSSR count). The number of rotatable bonds is 4. The van der Waals surface area contributed by atoms with E-state index in [4.69, 9.17) is 0 Å². The van der Waals surface area contributed by atoms with Gasteiger partial charge in [0.2, 0.25) is 0 Å². The van der Waals surface area contributed by atoms with Gasteiger partial charge in [0, 0.05) is 11.7 Å². The van der Waals surface area contributed by atoms with Crippen LogP contribution in [0.3, 0.4) is 0 Å². The number of hydrogen-bond acceptors (Lipinski definition) is 2. The van der Waals surface area contributed by atoms with Gasteiger partial charge < -0.3 is 10.1 Å². The van der Waals surface area contributed by atoms with E-state index in [1.807, 2.05) is 0 Å². The first-order valence-electron chi connectivity index (χ1n) is 7.42. The number of anilines is 1. The minimum Gasteiger partial charge on any atom is -0.435 e. The number of ether oxygens (including phenoxy) is 1. The largest absolute Gasteiger partial charge is 0.435 e. The van der Waals surface area contributed by atoms with Gasteiger partial charge in [-0.1, -0.05) is 20.8 Å². The van der Waals surface area contributed by atoms with Crippen LogP contribution in [0.4, 0.5) is 14.5 Å². The first-order valence-corrected chi connectivity index (χ1v) is 7.42. The number of nitrogens with one attached hydrogen (secondary N) is 1. The molecule has 21 heavy (non-hydrogen) atoms. The smallest absolute Gasteiger partial charge is 0.387 e. The summed E-state index contributed by atoms with van der Waals surface area (Å²) in [6.45, 7) is 8.29. The van der Waals surface area contributed by atoms with Crippen LogP contribution in [0.1, 0.15) is 33.6 Å². The molecule has 1 aliphatic carbocycles. The average molecular weight is 296 g/mol. The molecule has 1 fully saturated rings. The van der Waals surface area contributed by atoms with E-state index in [9.17, 15) is 8.78 Å². The highest BCUT2D eigenvalue weighted by Gasteiger charge is 2.39. The van der Waals surface area contributed by atoms with Gasteiger partial charge in [0.1, 0.15) is 5.75 Å². The zero-order chi connectivity index (χ0) is 15.6. The topological polar surface area (TPSA) is 21.3 Å². The van der Waals surface area contributed by atoms with Crippen LogP contribution in [0.5, 0.6) is 5.75 Å². The molecule has 0 saturated heterocycles. The summed E-state index contributed by atoms with van der Waals surface area (Å²) in [5, 5.41) is 3.52. The lowest BCUT2D eigenvalue weighted by atomic mass is 9.65. The Kier molecular flexibility index (Phi) is 4.74. The molecule has 117 valence electrons. The van der Waals surface area contributed by atoms with Crippen molar-refractivity contribution in [1.29, 1.82) is 0 Å². The highest BCUT2D eigenvalue weighted by Crippen LogP contribution is 2.43. The molecule has 0 aromatic heterocycles. The lowest BCUT2D eigenvalue weighted by Gasteiger charge is -2.46. The van der Waals surface area contributed by atoms with Crippen molar-refractivity contribution >= 4 is 5.69 Å². The second-order valence-electron chi connectivity index (χ2n) is 6.82. The van der Waals surface area contributed by atoms with Crippen LogP contribution in [0.15, 0.2) is 24.3 Å². The summed E-state index contributed by atoms with van der Waals surface area (Å²) in [6, 6.07) is 6.95. The molecule has 0 heterocycles. The van der Waals surface area contributed by atoms with Crippen LogP contribution in [-0.4, -0.2) is 12.7 Å². The molecule has 0 aliphatic heterocycles. The fourth-order valence-corrected chi connectivity index (χ4v) is 3.62. The summed E-state index contributed by atoms with van der Waals surface area (Å²) in [5.41, 5.74) is 1.07. The molecular formula is C17H24F2NO. The maximum absolute atomic E-state index is 12.1. The maximum Gasteiger partial charge on any atom is 0.387 e. The van der Waals surface area contributed by atoms with Crippen LogP contribution in [-0.2, 0) is 0 Å². The molecule has 1 radical (unpaired) electrons. The Morgan fingerprint density at radius 1 is 1.29 bits per heavy atom. The second kappa shape index (κ2) is 6.20. The Balaban J connectivity index is 2.06.